The van der Waals surface area contributed by atoms with Crippen LogP contribution in [0.25, 0.3) is 0 Å². The van der Waals surface area contributed by atoms with Gasteiger partial charge in [0.25, 0.3) is 0 Å². The number of nitrogens with one attached hydrogen (secondary N) is 1. The van der Waals surface area contributed by atoms with Crippen LogP contribution in [0.15, 0.2) is 28.7 Å². The maximum Gasteiger partial charge on any atom is 0.321 e. The summed E-state index contributed by atoms with van der Waals surface area (Å²) in [5.74, 6) is 0.0713. The summed E-state index contributed by atoms with van der Waals surface area (Å²) in [6.07, 6.45) is 1.72. The number of anilines is 1. The first kappa shape index (κ1) is 17.8. The second-order valence-electron chi connectivity index (χ2n) is 5.71. The van der Waals surface area contributed by atoms with Gasteiger partial charge in [0.15, 0.2) is 0 Å². The monoisotopic (exact) mass is 381 g/mol. The number of benzene rings is 1. The highest BCUT2D eigenvalue weighted by Crippen LogP contribution is 2.23. The van der Waals surface area contributed by atoms with Crippen LogP contribution in [0.4, 0.5) is 10.5 Å². The molecule has 1 aromatic carbocycles. The van der Waals surface area contributed by atoms with Crippen molar-refractivity contribution in [2.75, 3.05) is 31.5 Å². The van der Waals surface area contributed by atoms with Gasteiger partial charge >= 0.3 is 6.03 Å². The van der Waals surface area contributed by atoms with Crippen molar-refractivity contribution in [3.05, 3.63) is 28.7 Å². The minimum absolute atomic E-state index is 0.0892. The standard InChI is InChI=1S/C17H24BrN3O2/c1-3-20(4-2)16(22)13-8-7-11-21(12-13)17(23)19-15-10-6-5-9-14(15)18/h5-6,9-10,13H,3-4,7-8,11-12H2,1-2H3,(H,19,23). The van der Waals surface area contributed by atoms with Gasteiger partial charge in [0.05, 0.1) is 11.6 Å². The Hall–Kier alpha value is -1.56. The fraction of sp³-hybridized carbons (Fsp3) is 0.529. The van der Waals surface area contributed by atoms with Crippen molar-refractivity contribution < 1.29 is 9.59 Å². The van der Waals surface area contributed by atoms with Crippen LogP contribution in [-0.4, -0.2) is 47.9 Å². The number of hydrogen-bond acceptors (Lipinski definition) is 2. The highest BCUT2D eigenvalue weighted by Gasteiger charge is 2.30. The molecule has 0 spiro atoms. The molecule has 1 saturated heterocycles. The summed E-state index contributed by atoms with van der Waals surface area (Å²) in [6, 6.07) is 7.38. The summed E-state index contributed by atoms with van der Waals surface area (Å²) in [6.45, 7) is 6.59. The third-order valence-corrected chi connectivity index (χ3v) is 4.94. The number of hydrogen-bond donors (Lipinski definition) is 1. The summed E-state index contributed by atoms with van der Waals surface area (Å²) in [7, 11) is 0. The number of likely N-dealkylation sites (tertiary alicyclic amines) is 1. The van der Waals surface area contributed by atoms with E-state index in [9.17, 15) is 9.59 Å². The smallest absolute Gasteiger partial charge is 0.321 e. The topological polar surface area (TPSA) is 52.7 Å². The molecule has 1 N–H and O–H groups in total. The molecule has 23 heavy (non-hydrogen) atoms. The largest absolute Gasteiger partial charge is 0.343 e. The lowest BCUT2D eigenvalue weighted by atomic mass is 9.96. The van der Waals surface area contributed by atoms with Gasteiger partial charge in [-0.15, -0.1) is 0 Å². The molecule has 1 atom stereocenters. The number of rotatable bonds is 4. The molecule has 126 valence electrons. The Balaban J connectivity index is 1.99. The molecule has 5 nitrogen and oxygen atoms in total. The first-order valence-corrected chi connectivity index (χ1v) is 8.95. The summed E-state index contributed by atoms with van der Waals surface area (Å²) in [5, 5.41) is 2.91. The Bertz CT molecular complexity index is 561. The van der Waals surface area contributed by atoms with Crippen molar-refractivity contribution in [1.82, 2.24) is 9.80 Å². The van der Waals surface area contributed by atoms with E-state index in [0.29, 0.717) is 13.1 Å². The minimum atomic E-state index is -0.144. The minimum Gasteiger partial charge on any atom is -0.343 e. The maximum atomic E-state index is 12.5. The van der Waals surface area contributed by atoms with Gasteiger partial charge in [-0.1, -0.05) is 12.1 Å². The number of para-hydroxylation sites is 1. The summed E-state index contributed by atoms with van der Waals surface area (Å²) < 4.78 is 0.848. The molecular formula is C17H24BrN3O2. The number of carbonyl (C=O) groups excluding carboxylic acids is 2. The zero-order valence-corrected chi connectivity index (χ0v) is 15.3. The Labute approximate surface area is 146 Å². The second kappa shape index (κ2) is 8.34. The zero-order chi connectivity index (χ0) is 16.8. The molecular weight excluding hydrogens is 358 g/mol. The van der Waals surface area contributed by atoms with Gasteiger partial charge in [0, 0.05) is 30.7 Å². The fourth-order valence-corrected chi connectivity index (χ4v) is 3.30. The average molecular weight is 382 g/mol. The van der Waals surface area contributed by atoms with Crippen molar-refractivity contribution in [2.24, 2.45) is 5.92 Å². The zero-order valence-electron chi connectivity index (χ0n) is 13.7. The van der Waals surface area contributed by atoms with Gasteiger partial charge in [-0.3, -0.25) is 4.79 Å². The van der Waals surface area contributed by atoms with E-state index in [1.807, 2.05) is 43.0 Å². The maximum absolute atomic E-state index is 12.5. The number of halogens is 1. The molecule has 1 unspecified atom stereocenters. The Kier molecular flexibility index (Phi) is 6.45. The van der Waals surface area contributed by atoms with Crippen molar-refractivity contribution in [2.45, 2.75) is 26.7 Å². The van der Waals surface area contributed by atoms with Crippen LogP contribution in [0.2, 0.25) is 0 Å². The SMILES string of the molecule is CCN(CC)C(=O)C1CCCN(C(=O)Nc2ccccc2Br)C1. The lowest BCUT2D eigenvalue weighted by molar-refractivity contribution is -0.136. The van der Waals surface area contributed by atoms with E-state index >= 15 is 0 Å². The quantitative estimate of drug-likeness (QED) is 0.866. The summed E-state index contributed by atoms with van der Waals surface area (Å²) in [4.78, 5) is 28.6. The van der Waals surface area contributed by atoms with Gasteiger partial charge in [-0.2, -0.15) is 0 Å². The van der Waals surface area contributed by atoms with E-state index in [1.54, 1.807) is 4.90 Å². The van der Waals surface area contributed by atoms with Gasteiger partial charge in [0.2, 0.25) is 5.91 Å². The first-order valence-electron chi connectivity index (χ1n) is 8.16. The van der Waals surface area contributed by atoms with Crippen LogP contribution in [0, 0.1) is 5.92 Å². The molecule has 0 radical (unpaired) electrons. The Morgan fingerprint density at radius 1 is 1.30 bits per heavy atom. The normalized spacial score (nSPS) is 17.7. The van der Waals surface area contributed by atoms with E-state index in [0.717, 1.165) is 36.1 Å². The van der Waals surface area contributed by atoms with Gasteiger partial charge in [0.1, 0.15) is 0 Å². The molecule has 2 rings (SSSR count). The molecule has 0 aliphatic carbocycles. The molecule has 0 aromatic heterocycles. The molecule has 1 aliphatic rings. The Morgan fingerprint density at radius 3 is 2.65 bits per heavy atom. The molecule has 3 amide bonds. The van der Waals surface area contributed by atoms with Crippen LogP contribution in [0.3, 0.4) is 0 Å². The predicted octanol–water partition coefficient (Wildman–Crippen LogP) is 3.56. The molecule has 0 bridgehead atoms. The third-order valence-electron chi connectivity index (χ3n) is 4.25. The van der Waals surface area contributed by atoms with Crippen LogP contribution < -0.4 is 5.32 Å². The van der Waals surface area contributed by atoms with Crippen molar-refractivity contribution in [1.29, 1.82) is 0 Å². The lowest BCUT2D eigenvalue weighted by Crippen LogP contribution is -2.48. The number of amides is 3. The summed E-state index contributed by atoms with van der Waals surface area (Å²) in [5.41, 5.74) is 0.745. The molecule has 1 fully saturated rings. The van der Waals surface area contributed by atoms with Gasteiger partial charge < -0.3 is 15.1 Å². The van der Waals surface area contributed by atoms with E-state index in [2.05, 4.69) is 21.2 Å². The van der Waals surface area contributed by atoms with Crippen molar-refractivity contribution >= 4 is 33.6 Å². The predicted molar refractivity (Wildman–Crippen MR) is 95.4 cm³/mol. The van der Waals surface area contributed by atoms with Crippen LogP contribution in [0.1, 0.15) is 26.7 Å². The van der Waals surface area contributed by atoms with E-state index in [4.69, 9.17) is 0 Å². The van der Waals surface area contributed by atoms with Crippen molar-refractivity contribution in [3.8, 4) is 0 Å². The number of nitrogens with zero attached hydrogens (tertiary/aromatic N) is 2. The fourth-order valence-electron chi connectivity index (χ4n) is 2.91. The average Bonchev–Trinajstić information content (AvgIpc) is 2.58. The highest BCUT2D eigenvalue weighted by molar-refractivity contribution is 9.10. The summed E-state index contributed by atoms with van der Waals surface area (Å²) >= 11 is 3.43. The number of piperidine rings is 1. The highest BCUT2D eigenvalue weighted by atomic mass is 79.9. The van der Waals surface area contributed by atoms with E-state index < -0.39 is 0 Å². The van der Waals surface area contributed by atoms with Crippen LogP contribution in [0.5, 0.6) is 0 Å². The molecule has 1 aliphatic heterocycles. The van der Waals surface area contributed by atoms with Gasteiger partial charge in [-0.05, 0) is 54.8 Å². The number of carbonyl (C=O) groups is 2. The van der Waals surface area contributed by atoms with Crippen LogP contribution >= 0.6 is 15.9 Å². The van der Waals surface area contributed by atoms with Crippen molar-refractivity contribution in [3.63, 3.8) is 0 Å². The Morgan fingerprint density at radius 2 is 2.00 bits per heavy atom. The lowest BCUT2D eigenvalue weighted by Gasteiger charge is -2.34. The molecule has 1 aromatic rings. The molecule has 6 heteroatoms. The molecule has 1 heterocycles. The van der Waals surface area contributed by atoms with Gasteiger partial charge in [-0.25, -0.2) is 4.79 Å². The third kappa shape index (κ3) is 4.47. The van der Waals surface area contributed by atoms with E-state index in [1.165, 1.54) is 0 Å². The first-order chi connectivity index (χ1) is 11.1. The second-order valence-corrected chi connectivity index (χ2v) is 6.56. The molecule has 0 saturated carbocycles. The van der Waals surface area contributed by atoms with E-state index in [-0.39, 0.29) is 17.9 Å². The number of urea groups is 1. The van der Waals surface area contributed by atoms with Crippen LogP contribution in [-0.2, 0) is 4.79 Å².